The summed E-state index contributed by atoms with van der Waals surface area (Å²) in [6.07, 6.45) is 12.9. The molecule has 0 aromatic heterocycles. The summed E-state index contributed by atoms with van der Waals surface area (Å²) in [6.45, 7) is 30.5. The van der Waals surface area contributed by atoms with E-state index in [-0.39, 0.29) is 58.0 Å². The summed E-state index contributed by atoms with van der Waals surface area (Å²) in [7, 11) is -1.27. The highest BCUT2D eigenvalue weighted by atomic mass is 28.3. The van der Waals surface area contributed by atoms with E-state index >= 15 is 0 Å². The van der Waals surface area contributed by atoms with Crippen LogP contribution in [-0.4, -0.2) is 39.0 Å². The van der Waals surface area contributed by atoms with Gasteiger partial charge < -0.3 is 14.3 Å². The van der Waals surface area contributed by atoms with Gasteiger partial charge in [-0.3, -0.25) is 9.59 Å². The molecular weight excluding hydrogens is 613 g/mol. The number of ether oxygens (including phenoxy) is 2. The number of hydrogen-bond donors (Lipinski definition) is 0. The normalized spacial score (nSPS) is 42.0. The van der Waals surface area contributed by atoms with E-state index in [9.17, 15) is 14.4 Å². The van der Waals surface area contributed by atoms with Crippen LogP contribution in [0, 0.1) is 62.1 Å². The topological polar surface area (TPSA) is 69.7 Å². The molecule has 272 valence electrons. The summed E-state index contributed by atoms with van der Waals surface area (Å²) in [4.78, 5) is 38.9. The van der Waals surface area contributed by atoms with Crippen LogP contribution in [0.3, 0.4) is 0 Å². The Morgan fingerprint density at radius 3 is 2.12 bits per heavy atom. The Bertz CT molecular complexity index is 1280. The number of hydrogen-bond acceptors (Lipinski definition) is 5. The Balaban J connectivity index is 1.28. The summed E-state index contributed by atoms with van der Waals surface area (Å²) < 4.78 is 11.9. The third-order valence-corrected chi connectivity index (χ3v) is 17.6. The fraction of sp³-hybridized carbons (Fsp3) is 0.881. The first kappa shape index (κ1) is 37.8. The van der Waals surface area contributed by atoms with Crippen molar-refractivity contribution >= 4 is 26.3 Å². The molecule has 6 heteroatoms. The number of carbonyl (C=O) groups excluding carboxylic acids is 3. The highest BCUT2D eigenvalue weighted by Gasteiger charge is 2.71. The lowest BCUT2D eigenvalue weighted by Crippen LogP contribution is -2.66. The predicted octanol–water partition coefficient (Wildman–Crippen LogP) is 10.4. The molecule has 5 rings (SSSR count). The Morgan fingerprint density at radius 2 is 1.50 bits per heavy atom. The Kier molecular flexibility index (Phi) is 9.97. The zero-order chi connectivity index (χ0) is 35.7. The van der Waals surface area contributed by atoms with Gasteiger partial charge in [-0.1, -0.05) is 80.3 Å². The van der Waals surface area contributed by atoms with Crippen LogP contribution >= 0.6 is 0 Å². The maximum absolute atomic E-state index is 13.5. The van der Waals surface area contributed by atoms with Crippen LogP contribution in [0.15, 0.2) is 12.2 Å². The highest BCUT2D eigenvalue weighted by molar-refractivity contribution is 6.76. The van der Waals surface area contributed by atoms with Gasteiger partial charge in [0.25, 0.3) is 0 Å². The number of rotatable bonds is 10. The van der Waals surface area contributed by atoms with Crippen LogP contribution in [0.4, 0.5) is 0 Å². The van der Waals surface area contributed by atoms with Crippen molar-refractivity contribution in [2.45, 2.75) is 164 Å². The van der Waals surface area contributed by atoms with Crippen molar-refractivity contribution in [2.75, 3.05) is 6.61 Å². The molecule has 48 heavy (non-hydrogen) atoms. The molecule has 0 aliphatic heterocycles. The van der Waals surface area contributed by atoms with Crippen molar-refractivity contribution in [3.63, 3.8) is 0 Å². The summed E-state index contributed by atoms with van der Waals surface area (Å²) in [5, 5.41) is 0. The molecular formula is C42H70O5Si. The average molecular weight is 683 g/mol. The van der Waals surface area contributed by atoms with Gasteiger partial charge in [0.2, 0.25) is 0 Å². The maximum Gasteiger partial charge on any atom is 0.306 e. The van der Waals surface area contributed by atoms with E-state index < -0.39 is 13.5 Å². The van der Waals surface area contributed by atoms with Crippen molar-refractivity contribution in [2.24, 2.45) is 62.1 Å². The summed E-state index contributed by atoms with van der Waals surface area (Å²) >= 11 is 0. The lowest BCUT2D eigenvalue weighted by molar-refractivity contribution is -0.248. The zero-order valence-corrected chi connectivity index (χ0v) is 33.7. The minimum Gasteiger partial charge on any atom is -0.466 e. The molecule has 5 fully saturated rings. The zero-order valence-electron chi connectivity index (χ0n) is 32.7. The Hall–Kier alpha value is -1.43. The van der Waals surface area contributed by atoms with Gasteiger partial charge >= 0.3 is 11.9 Å². The molecule has 10 atom stereocenters. The molecule has 0 amide bonds. The molecule has 0 heterocycles. The second-order valence-electron chi connectivity index (χ2n) is 20.9. The van der Waals surface area contributed by atoms with Crippen molar-refractivity contribution in [3.8, 4) is 0 Å². The monoisotopic (exact) mass is 682 g/mol. The van der Waals surface area contributed by atoms with Crippen molar-refractivity contribution in [1.82, 2.24) is 0 Å². The highest BCUT2D eigenvalue weighted by Crippen LogP contribution is 2.77. The van der Waals surface area contributed by atoms with Gasteiger partial charge in [0, 0.05) is 18.9 Å². The SMILES string of the molecule is C=C(C)[C@@H]1CC[C@]2(C=O)CC[C@]3(C)C(CCC4[C@@]5(C)CC[C@H](OC(=O)CC(C)(C)CC(=O)OCC[Si](C)(C)C)C(C)(C)C5CC[C@]43C)C12. The molecule has 5 nitrogen and oxygen atoms in total. The number of aldehydes is 1. The fourth-order valence-corrected chi connectivity index (χ4v) is 13.9. The molecule has 0 radical (unpaired) electrons. The first-order valence-electron chi connectivity index (χ1n) is 19.5. The van der Waals surface area contributed by atoms with Crippen molar-refractivity contribution in [1.29, 1.82) is 0 Å². The van der Waals surface area contributed by atoms with E-state index in [4.69, 9.17) is 9.47 Å². The molecule has 0 aromatic rings. The van der Waals surface area contributed by atoms with Gasteiger partial charge in [-0.25, -0.2) is 0 Å². The van der Waals surface area contributed by atoms with E-state index in [2.05, 4.69) is 67.8 Å². The van der Waals surface area contributed by atoms with E-state index in [0.717, 1.165) is 51.0 Å². The summed E-state index contributed by atoms with van der Waals surface area (Å²) in [5.74, 6) is 2.20. The van der Waals surface area contributed by atoms with Crippen LogP contribution < -0.4 is 0 Å². The van der Waals surface area contributed by atoms with Gasteiger partial charge in [-0.2, -0.15) is 0 Å². The van der Waals surface area contributed by atoms with Gasteiger partial charge in [0.15, 0.2) is 0 Å². The number of fused-ring (bicyclic) bond motifs is 7. The number of allylic oxidation sites excluding steroid dienone is 1. The van der Waals surface area contributed by atoms with Gasteiger partial charge in [0.05, 0.1) is 19.4 Å². The quantitative estimate of drug-likeness (QED) is 0.0993. The minimum absolute atomic E-state index is 0.114. The summed E-state index contributed by atoms with van der Waals surface area (Å²) in [6, 6.07) is 0.953. The van der Waals surface area contributed by atoms with Crippen LogP contribution in [-0.2, 0) is 23.9 Å². The molecule has 5 aliphatic carbocycles. The van der Waals surface area contributed by atoms with Gasteiger partial charge in [-0.15, -0.1) is 0 Å². The molecule has 5 aliphatic rings. The lowest BCUT2D eigenvalue weighted by atomic mass is 9.32. The Morgan fingerprint density at radius 1 is 0.833 bits per heavy atom. The minimum atomic E-state index is -1.27. The van der Waals surface area contributed by atoms with Crippen LogP contribution in [0.2, 0.25) is 25.7 Å². The molecule has 0 bridgehead atoms. The average Bonchev–Trinajstić information content (AvgIpc) is 3.34. The standard InChI is InChI=1S/C42H70O5Si/c1-28(2)29-15-20-42(27-43)22-21-40(8)30(36(29)42)13-14-32-39(7)18-17-33(38(5,6)31(39)16-19-41(32,40)9)47-35(45)26-37(3,4)25-34(44)46-23-24-48(10,11)12/h27,29-33,36H,1,13-26H2,2-12H3/t29-,30?,31?,32?,33-,36?,39-,40+,41+,42+/m0/s1. The molecule has 4 unspecified atom stereocenters. The first-order valence-corrected chi connectivity index (χ1v) is 23.2. The van der Waals surface area contributed by atoms with Crippen LogP contribution in [0.5, 0.6) is 0 Å². The maximum atomic E-state index is 13.5. The van der Waals surface area contributed by atoms with E-state index in [1.165, 1.54) is 31.1 Å². The van der Waals surface area contributed by atoms with Gasteiger partial charge in [-0.05, 0) is 128 Å². The van der Waals surface area contributed by atoms with E-state index in [0.29, 0.717) is 36.2 Å². The van der Waals surface area contributed by atoms with Crippen LogP contribution in [0.1, 0.15) is 132 Å². The molecule has 5 saturated carbocycles. The number of carbonyl (C=O) groups is 3. The Labute approximate surface area is 294 Å². The van der Waals surface area contributed by atoms with Crippen molar-refractivity contribution < 1.29 is 23.9 Å². The second-order valence-corrected chi connectivity index (χ2v) is 26.5. The van der Waals surface area contributed by atoms with Gasteiger partial charge in [0.1, 0.15) is 12.4 Å². The smallest absolute Gasteiger partial charge is 0.306 e. The molecule has 0 aromatic carbocycles. The van der Waals surface area contributed by atoms with E-state index in [1.54, 1.807) is 0 Å². The third-order valence-electron chi connectivity index (χ3n) is 15.9. The fourth-order valence-electron chi connectivity index (χ4n) is 13.2. The first-order chi connectivity index (χ1) is 22.1. The second kappa shape index (κ2) is 12.7. The summed E-state index contributed by atoms with van der Waals surface area (Å²) in [5.41, 5.74) is 1.13. The molecule has 0 N–H and O–H groups in total. The lowest BCUT2D eigenvalue weighted by Gasteiger charge is -2.72. The van der Waals surface area contributed by atoms with Crippen LogP contribution in [0.25, 0.3) is 0 Å². The van der Waals surface area contributed by atoms with E-state index in [1.807, 2.05) is 13.8 Å². The number of esters is 2. The van der Waals surface area contributed by atoms with Crippen molar-refractivity contribution in [3.05, 3.63) is 12.2 Å². The third kappa shape index (κ3) is 6.33. The predicted molar refractivity (Wildman–Crippen MR) is 197 cm³/mol. The molecule has 0 saturated heterocycles. The largest absolute Gasteiger partial charge is 0.466 e. The molecule has 0 spiro atoms.